The Kier molecular flexibility index (Phi) is 4.60. The van der Waals surface area contributed by atoms with Crippen LogP contribution >= 0.6 is 0 Å². The Hall–Kier alpha value is -1.65. The first-order valence-corrected chi connectivity index (χ1v) is 8.02. The van der Waals surface area contributed by atoms with Crippen molar-refractivity contribution in [1.29, 1.82) is 0 Å². The molecule has 22 heavy (non-hydrogen) atoms. The third-order valence-electron chi connectivity index (χ3n) is 4.57. The highest BCUT2D eigenvalue weighted by Crippen LogP contribution is 2.36. The number of hydrogen-bond acceptors (Lipinski definition) is 3. The van der Waals surface area contributed by atoms with Crippen molar-refractivity contribution < 1.29 is 9.47 Å². The van der Waals surface area contributed by atoms with E-state index in [1.165, 1.54) is 5.56 Å². The number of aromatic nitrogens is 2. The van der Waals surface area contributed by atoms with Gasteiger partial charge in [0, 0.05) is 31.3 Å². The van der Waals surface area contributed by atoms with Crippen LogP contribution in [-0.4, -0.2) is 35.0 Å². The van der Waals surface area contributed by atoms with Crippen molar-refractivity contribution >= 4 is 0 Å². The smallest absolute Gasteiger partial charge is 0.114 e. The van der Waals surface area contributed by atoms with Crippen LogP contribution in [0.1, 0.15) is 31.2 Å². The van der Waals surface area contributed by atoms with Crippen molar-refractivity contribution in [2.24, 2.45) is 0 Å². The van der Waals surface area contributed by atoms with Gasteiger partial charge in [0.15, 0.2) is 0 Å². The van der Waals surface area contributed by atoms with E-state index in [1.807, 2.05) is 18.5 Å². The molecule has 1 aliphatic rings. The Labute approximate surface area is 132 Å². The van der Waals surface area contributed by atoms with Gasteiger partial charge >= 0.3 is 0 Å². The van der Waals surface area contributed by atoms with E-state index >= 15 is 0 Å². The highest BCUT2D eigenvalue weighted by atomic mass is 16.6. The predicted octanol–water partition coefficient (Wildman–Crippen LogP) is 3.03. The van der Waals surface area contributed by atoms with Crippen molar-refractivity contribution in [1.82, 2.24) is 9.55 Å². The van der Waals surface area contributed by atoms with Gasteiger partial charge in [-0.1, -0.05) is 37.3 Å². The average molecular weight is 300 g/mol. The predicted molar refractivity (Wildman–Crippen MR) is 86.0 cm³/mol. The third kappa shape index (κ3) is 2.94. The summed E-state index contributed by atoms with van der Waals surface area (Å²) in [6, 6.07) is 10.5. The summed E-state index contributed by atoms with van der Waals surface area (Å²) in [4.78, 5) is 4.58. The van der Waals surface area contributed by atoms with Gasteiger partial charge in [-0.05, 0) is 12.5 Å². The van der Waals surface area contributed by atoms with Crippen LogP contribution in [-0.2, 0) is 22.4 Å². The summed E-state index contributed by atoms with van der Waals surface area (Å²) >= 11 is 0. The molecule has 2 atom stereocenters. The van der Waals surface area contributed by atoms with Crippen LogP contribution < -0.4 is 0 Å². The van der Waals surface area contributed by atoms with E-state index in [4.69, 9.17) is 9.47 Å². The lowest BCUT2D eigenvalue weighted by Crippen LogP contribution is -2.49. The molecule has 1 aromatic carbocycles. The van der Waals surface area contributed by atoms with Crippen molar-refractivity contribution in [3.8, 4) is 0 Å². The van der Waals surface area contributed by atoms with Crippen LogP contribution in [0.4, 0.5) is 0 Å². The summed E-state index contributed by atoms with van der Waals surface area (Å²) < 4.78 is 14.3. The quantitative estimate of drug-likeness (QED) is 0.851. The minimum Gasteiger partial charge on any atom is -0.376 e. The van der Waals surface area contributed by atoms with E-state index in [0.717, 1.165) is 18.8 Å². The summed E-state index contributed by atoms with van der Waals surface area (Å²) in [5, 5.41) is 0. The molecule has 2 aromatic rings. The van der Waals surface area contributed by atoms with E-state index in [1.54, 1.807) is 0 Å². The molecule has 0 amide bonds. The summed E-state index contributed by atoms with van der Waals surface area (Å²) in [5.74, 6) is 1.24. The number of imidazole rings is 1. The average Bonchev–Trinajstić information content (AvgIpc) is 3.04. The molecule has 1 aromatic heterocycles. The van der Waals surface area contributed by atoms with Gasteiger partial charge in [-0.15, -0.1) is 0 Å². The maximum Gasteiger partial charge on any atom is 0.114 e. The molecular formula is C18H24N2O2. The lowest BCUT2D eigenvalue weighted by molar-refractivity contribution is -0.168. The number of rotatable bonds is 5. The highest BCUT2D eigenvalue weighted by Gasteiger charge is 2.42. The molecule has 4 heteroatoms. The first-order valence-electron chi connectivity index (χ1n) is 8.02. The molecule has 1 aliphatic heterocycles. The molecule has 0 saturated carbocycles. The molecule has 1 saturated heterocycles. The molecule has 0 N–H and O–H groups in total. The summed E-state index contributed by atoms with van der Waals surface area (Å²) in [6.07, 6.45) is 4.74. The van der Waals surface area contributed by atoms with E-state index in [2.05, 4.69) is 47.7 Å². The van der Waals surface area contributed by atoms with Crippen LogP contribution in [0.25, 0.3) is 0 Å². The van der Waals surface area contributed by atoms with E-state index in [9.17, 15) is 0 Å². The summed E-state index contributed by atoms with van der Waals surface area (Å²) in [5.41, 5.74) is 0.923. The Balaban J connectivity index is 1.91. The van der Waals surface area contributed by atoms with Gasteiger partial charge in [0.05, 0.1) is 19.8 Å². The van der Waals surface area contributed by atoms with Gasteiger partial charge in [-0.25, -0.2) is 4.98 Å². The zero-order chi connectivity index (χ0) is 15.4. The fourth-order valence-corrected chi connectivity index (χ4v) is 3.24. The second kappa shape index (κ2) is 6.63. The second-order valence-corrected chi connectivity index (χ2v) is 5.92. The Morgan fingerprint density at radius 3 is 2.77 bits per heavy atom. The largest absolute Gasteiger partial charge is 0.376 e. The van der Waals surface area contributed by atoms with Gasteiger partial charge in [-0.3, -0.25) is 0 Å². The fourth-order valence-electron chi connectivity index (χ4n) is 3.24. The summed E-state index contributed by atoms with van der Waals surface area (Å²) in [7, 11) is 0. The maximum absolute atomic E-state index is 6.28. The third-order valence-corrected chi connectivity index (χ3v) is 4.57. The standard InChI is InChI=1S/C18H24N2O2/c1-3-20-10-9-19-17(20)15(2)18(14-21-11-12-22-18)13-16-7-5-4-6-8-16/h4-10,15H,3,11-14H2,1-2H3. The number of ether oxygens (including phenoxy) is 2. The highest BCUT2D eigenvalue weighted by molar-refractivity contribution is 5.20. The number of aryl methyl sites for hydroxylation is 1. The van der Waals surface area contributed by atoms with E-state index < -0.39 is 0 Å². The molecule has 2 heterocycles. The molecule has 118 valence electrons. The van der Waals surface area contributed by atoms with Gasteiger partial charge < -0.3 is 14.0 Å². The minimum absolute atomic E-state index is 0.169. The van der Waals surface area contributed by atoms with E-state index in [0.29, 0.717) is 19.8 Å². The maximum atomic E-state index is 6.28. The van der Waals surface area contributed by atoms with Gasteiger partial charge in [0.1, 0.15) is 11.4 Å². The molecule has 0 bridgehead atoms. The molecule has 4 nitrogen and oxygen atoms in total. The number of benzene rings is 1. The monoisotopic (exact) mass is 300 g/mol. The molecule has 0 aliphatic carbocycles. The SMILES string of the molecule is CCn1ccnc1C(C)C1(Cc2ccccc2)COCCO1. The molecular weight excluding hydrogens is 276 g/mol. The molecule has 2 unspecified atom stereocenters. The first kappa shape index (κ1) is 15.3. The van der Waals surface area contributed by atoms with Crippen LogP contribution in [0.15, 0.2) is 42.7 Å². The summed E-state index contributed by atoms with van der Waals surface area (Å²) in [6.45, 7) is 7.18. The topological polar surface area (TPSA) is 36.3 Å². The lowest BCUT2D eigenvalue weighted by atomic mass is 9.82. The Morgan fingerprint density at radius 1 is 1.27 bits per heavy atom. The molecule has 3 rings (SSSR count). The van der Waals surface area contributed by atoms with E-state index in [-0.39, 0.29) is 11.5 Å². The Morgan fingerprint density at radius 2 is 2.09 bits per heavy atom. The molecule has 0 radical (unpaired) electrons. The normalized spacial score (nSPS) is 23.4. The fraction of sp³-hybridized carbons (Fsp3) is 0.500. The van der Waals surface area contributed by atoms with Gasteiger partial charge in [0.2, 0.25) is 0 Å². The van der Waals surface area contributed by atoms with Crippen molar-refractivity contribution in [3.63, 3.8) is 0 Å². The number of hydrogen-bond donors (Lipinski definition) is 0. The van der Waals surface area contributed by atoms with Gasteiger partial charge in [0.25, 0.3) is 0 Å². The lowest BCUT2D eigenvalue weighted by Gasteiger charge is -2.41. The van der Waals surface area contributed by atoms with Crippen molar-refractivity contribution in [2.45, 2.75) is 38.3 Å². The van der Waals surface area contributed by atoms with Crippen molar-refractivity contribution in [2.75, 3.05) is 19.8 Å². The number of nitrogens with zero attached hydrogens (tertiary/aromatic N) is 2. The van der Waals surface area contributed by atoms with Crippen LogP contribution in [0.2, 0.25) is 0 Å². The van der Waals surface area contributed by atoms with Crippen molar-refractivity contribution in [3.05, 3.63) is 54.1 Å². The zero-order valence-electron chi connectivity index (χ0n) is 13.4. The molecule has 1 fully saturated rings. The second-order valence-electron chi connectivity index (χ2n) is 5.92. The van der Waals surface area contributed by atoms with Crippen LogP contribution in [0.3, 0.4) is 0 Å². The van der Waals surface area contributed by atoms with Crippen LogP contribution in [0, 0.1) is 0 Å². The molecule has 0 spiro atoms. The first-order chi connectivity index (χ1) is 10.7. The minimum atomic E-state index is -0.349. The van der Waals surface area contributed by atoms with Crippen LogP contribution in [0.5, 0.6) is 0 Å². The van der Waals surface area contributed by atoms with Gasteiger partial charge in [-0.2, -0.15) is 0 Å². The zero-order valence-corrected chi connectivity index (χ0v) is 13.4. The Bertz CT molecular complexity index is 588.